The van der Waals surface area contributed by atoms with E-state index < -0.39 is 5.97 Å². The molecule has 0 aliphatic heterocycles. The molecule has 6 heteroatoms. The summed E-state index contributed by atoms with van der Waals surface area (Å²) in [6.07, 6.45) is 3.23. The number of esters is 1. The minimum Gasteiger partial charge on any atom is -0.459 e. The Bertz CT molecular complexity index is 891. The molecule has 0 radical (unpaired) electrons. The molecular weight excluding hydrogens is 364 g/mol. The monoisotopic (exact) mass is 390 g/mol. The standard InChI is InChI=1S/C21H27ClN2O3/c1-13(2)17-11-24(10-15(26)7-8-21(4,5)6)20-16(17)9-19(22)23-18(20)12-27-14(3)25/h9,11H,1,7-8,10,12H2,2-6H3. The first kappa shape index (κ1) is 21.2. The molecule has 2 rings (SSSR count). The van der Waals surface area contributed by atoms with Crippen LogP contribution in [0.3, 0.4) is 0 Å². The molecule has 2 aromatic rings. The molecule has 2 heterocycles. The number of pyridine rings is 1. The first-order valence-electron chi connectivity index (χ1n) is 8.97. The minimum atomic E-state index is -0.399. The number of nitrogens with zero attached hydrogens (tertiary/aromatic N) is 2. The maximum absolute atomic E-state index is 12.6. The van der Waals surface area contributed by atoms with Crippen LogP contribution in [0.4, 0.5) is 0 Å². The third-order valence-corrected chi connectivity index (χ3v) is 4.46. The summed E-state index contributed by atoms with van der Waals surface area (Å²) in [5, 5.41) is 1.16. The van der Waals surface area contributed by atoms with Gasteiger partial charge in [-0.25, -0.2) is 4.98 Å². The number of allylic oxidation sites excluding steroid dienone is 1. The molecule has 0 aromatic carbocycles. The van der Waals surface area contributed by atoms with Gasteiger partial charge in [0.25, 0.3) is 0 Å². The third kappa shape index (κ3) is 5.67. The zero-order chi connectivity index (χ0) is 20.4. The van der Waals surface area contributed by atoms with Crippen LogP contribution < -0.4 is 0 Å². The van der Waals surface area contributed by atoms with Crippen molar-refractivity contribution >= 4 is 39.8 Å². The van der Waals surface area contributed by atoms with Crippen molar-refractivity contribution in [2.45, 2.75) is 60.6 Å². The lowest BCUT2D eigenvalue weighted by Crippen LogP contribution is -2.14. The van der Waals surface area contributed by atoms with Crippen LogP contribution in [0, 0.1) is 5.41 Å². The fourth-order valence-corrected chi connectivity index (χ4v) is 3.10. The fraction of sp³-hybridized carbons (Fsp3) is 0.476. The van der Waals surface area contributed by atoms with Gasteiger partial charge >= 0.3 is 5.97 Å². The van der Waals surface area contributed by atoms with Crippen molar-refractivity contribution in [1.82, 2.24) is 9.55 Å². The molecule has 0 aliphatic carbocycles. The third-order valence-electron chi connectivity index (χ3n) is 4.27. The van der Waals surface area contributed by atoms with Crippen LogP contribution in [0.15, 0.2) is 18.8 Å². The number of hydrogen-bond acceptors (Lipinski definition) is 4. The summed E-state index contributed by atoms with van der Waals surface area (Å²) in [7, 11) is 0. The molecule has 0 amide bonds. The SMILES string of the molecule is C=C(C)c1cn(CC(=O)CCC(C)(C)C)c2c(COC(C)=O)nc(Cl)cc12. The van der Waals surface area contributed by atoms with Gasteiger partial charge in [-0.2, -0.15) is 0 Å². The minimum absolute atomic E-state index is 0.00220. The van der Waals surface area contributed by atoms with Gasteiger partial charge in [-0.15, -0.1) is 0 Å². The van der Waals surface area contributed by atoms with E-state index in [9.17, 15) is 9.59 Å². The maximum Gasteiger partial charge on any atom is 0.303 e. The molecule has 0 unspecified atom stereocenters. The number of halogens is 1. The largest absolute Gasteiger partial charge is 0.459 e. The summed E-state index contributed by atoms with van der Waals surface area (Å²) in [4.78, 5) is 28.1. The normalized spacial score (nSPS) is 11.6. The highest BCUT2D eigenvalue weighted by atomic mass is 35.5. The Hall–Kier alpha value is -2.14. The second-order valence-corrected chi connectivity index (χ2v) is 8.51. The Morgan fingerprint density at radius 1 is 1.30 bits per heavy atom. The van der Waals surface area contributed by atoms with Crippen molar-refractivity contribution in [2.24, 2.45) is 5.41 Å². The Morgan fingerprint density at radius 2 is 1.96 bits per heavy atom. The number of Topliss-reactive ketones (excluding diaryl/α,β-unsaturated/α-hetero) is 1. The number of aromatic nitrogens is 2. The van der Waals surface area contributed by atoms with E-state index in [2.05, 4.69) is 32.3 Å². The number of carbonyl (C=O) groups is 2. The predicted octanol–water partition coefficient (Wildman–Crippen LogP) is 5.18. The smallest absolute Gasteiger partial charge is 0.303 e. The van der Waals surface area contributed by atoms with Gasteiger partial charge in [-0.05, 0) is 30.4 Å². The molecular formula is C21H27ClN2O3. The molecule has 0 fully saturated rings. The average Bonchev–Trinajstić information content (AvgIpc) is 2.88. The van der Waals surface area contributed by atoms with E-state index in [0.717, 1.165) is 28.5 Å². The molecule has 0 N–H and O–H groups in total. The first-order valence-corrected chi connectivity index (χ1v) is 9.35. The van der Waals surface area contributed by atoms with E-state index in [1.165, 1.54) is 6.92 Å². The second-order valence-electron chi connectivity index (χ2n) is 8.12. The van der Waals surface area contributed by atoms with Crippen LogP contribution in [0.2, 0.25) is 5.15 Å². The molecule has 146 valence electrons. The fourth-order valence-electron chi connectivity index (χ4n) is 2.89. The van der Waals surface area contributed by atoms with Crippen LogP contribution in [-0.4, -0.2) is 21.3 Å². The zero-order valence-electron chi connectivity index (χ0n) is 16.7. The van der Waals surface area contributed by atoms with Gasteiger partial charge in [0.05, 0.1) is 12.1 Å². The molecule has 27 heavy (non-hydrogen) atoms. The summed E-state index contributed by atoms with van der Waals surface area (Å²) in [5.74, 6) is -0.257. The van der Waals surface area contributed by atoms with Gasteiger partial charge in [0.2, 0.25) is 0 Å². The molecule has 0 bridgehead atoms. The van der Waals surface area contributed by atoms with Crippen molar-refractivity contribution in [2.75, 3.05) is 0 Å². The Labute approximate surface area is 165 Å². The first-order chi connectivity index (χ1) is 12.5. The lowest BCUT2D eigenvalue weighted by molar-refractivity contribution is -0.142. The summed E-state index contributed by atoms with van der Waals surface area (Å²) in [5.41, 5.74) is 3.16. The lowest BCUT2D eigenvalue weighted by Gasteiger charge is -2.17. The molecule has 0 aliphatic rings. The van der Waals surface area contributed by atoms with Crippen LogP contribution in [0.25, 0.3) is 16.5 Å². The van der Waals surface area contributed by atoms with E-state index in [0.29, 0.717) is 17.3 Å². The Morgan fingerprint density at radius 3 is 2.52 bits per heavy atom. The van der Waals surface area contributed by atoms with Gasteiger partial charge in [-0.3, -0.25) is 9.59 Å². The van der Waals surface area contributed by atoms with Crippen molar-refractivity contribution in [3.63, 3.8) is 0 Å². The summed E-state index contributed by atoms with van der Waals surface area (Å²) in [6, 6.07) is 1.76. The van der Waals surface area contributed by atoms with E-state index >= 15 is 0 Å². The van der Waals surface area contributed by atoms with Crippen LogP contribution in [-0.2, 0) is 27.5 Å². The van der Waals surface area contributed by atoms with Crippen molar-refractivity contribution in [1.29, 1.82) is 0 Å². The van der Waals surface area contributed by atoms with Gasteiger partial charge in [0.15, 0.2) is 5.78 Å². The van der Waals surface area contributed by atoms with Crippen molar-refractivity contribution < 1.29 is 14.3 Å². The number of carbonyl (C=O) groups excluding carboxylic acids is 2. The highest BCUT2D eigenvalue weighted by molar-refractivity contribution is 6.30. The van der Waals surface area contributed by atoms with Gasteiger partial charge < -0.3 is 9.30 Å². The molecule has 0 atom stereocenters. The lowest BCUT2D eigenvalue weighted by atomic mass is 9.89. The average molecular weight is 391 g/mol. The van der Waals surface area contributed by atoms with Crippen LogP contribution in [0.1, 0.15) is 58.7 Å². The summed E-state index contributed by atoms with van der Waals surface area (Å²) < 4.78 is 7.00. The molecule has 0 spiro atoms. The van der Waals surface area contributed by atoms with Gasteiger partial charge in [-0.1, -0.05) is 39.0 Å². The van der Waals surface area contributed by atoms with Gasteiger partial charge in [0.1, 0.15) is 17.5 Å². The molecule has 0 saturated heterocycles. The Kier molecular flexibility index (Phi) is 6.47. The van der Waals surface area contributed by atoms with E-state index in [4.69, 9.17) is 16.3 Å². The maximum atomic E-state index is 12.6. The highest BCUT2D eigenvalue weighted by Gasteiger charge is 2.19. The highest BCUT2D eigenvalue weighted by Crippen LogP contribution is 2.31. The number of ether oxygens (including phenoxy) is 1. The van der Waals surface area contributed by atoms with Gasteiger partial charge in [0, 0.05) is 30.5 Å². The number of fused-ring (bicyclic) bond motifs is 1. The zero-order valence-corrected chi connectivity index (χ0v) is 17.4. The van der Waals surface area contributed by atoms with Crippen molar-refractivity contribution in [3.8, 4) is 0 Å². The Balaban J connectivity index is 2.46. The molecule has 0 saturated carbocycles. The van der Waals surface area contributed by atoms with E-state index in [-0.39, 0.29) is 24.3 Å². The van der Waals surface area contributed by atoms with Crippen LogP contribution >= 0.6 is 11.6 Å². The number of rotatable bonds is 7. The predicted molar refractivity (Wildman–Crippen MR) is 109 cm³/mol. The number of ketones is 1. The second kappa shape index (κ2) is 8.26. The summed E-state index contributed by atoms with van der Waals surface area (Å²) >= 11 is 6.17. The number of hydrogen-bond donors (Lipinski definition) is 0. The molecule has 2 aromatic heterocycles. The summed E-state index contributed by atoms with van der Waals surface area (Å²) in [6.45, 7) is 13.9. The quantitative estimate of drug-likeness (QED) is 0.482. The molecule has 5 nitrogen and oxygen atoms in total. The van der Waals surface area contributed by atoms with E-state index in [1.54, 1.807) is 6.07 Å². The van der Waals surface area contributed by atoms with E-state index in [1.807, 2.05) is 17.7 Å². The van der Waals surface area contributed by atoms with Crippen LogP contribution in [0.5, 0.6) is 0 Å². The van der Waals surface area contributed by atoms with Crippen molar-refractivity contribution in [3.05, 3.63) is 35.3 Å². The topological polar surface area (TPSA) is 61.2 Å².